The molecule has 0 radical (unpaired) electrons. The molecule has 1 heterocycles. The van der Waals surface area contributed by atoms with Crippen LogP contribution in [-0.4, -0.2) is 64.5 Å². The van der Waals surface area contributed by atoms with Crippen molar-refractivity contribution in [2.75, 3.05) is 41.0 Å². The van der Waals surface area contributed by atoms with Crippen LogP contribution in [0.3, 0.4) is 0 Å². The van der Waals surface area contributed by atoms with Gasteiger partial charge in [0.1, 0.15) is 0 Å². The number of rotatable bonds is 15. The third kappa shape index (κ3) is 12.1. The van der Waals surface area contributed by atoms with E-state index in [1.807, 2.05) is 18.2 Å². The molecule has 5 aromatic rings. The highest BCUT2D eigenvalue weighted by Crippen LogP contribution is 2.48. The van der Waals surface area contributed by atoms with Gasteiger partial charge in [0.05, 0.1) is 5.54 Å². The number of aromatic nitrogens is 3. The van der Waals surface area contributed by atoms with E-state index in [9.17, 15) is 32.3 Å². The van der Waals surface area contributed by atoms with Gasteiger partial charge in [0.2, 0.25) is 11.9 Å². The lowest BCUT2D eigenvalue weighted by molar-refractivity contribution is -0.154. The largest absolute Gasteiger partial charge is 0.454 e. The van der Waals surface area contributed by atoms with Crippen molar-refractivity contribution in [2.45, 2.75) is 38.4 Å². The van der Waals surface area contributed by atoms with Crippen LogP contribution >= 0.6 is 11.6 Å². The molecule has 0 bridgehead atoms. The summed E-state index contributed by atoms with van der Waals surface area (Å²) in [6, 6.07) is 27.8. The Hall–Kier alpha value is -6.75. The number of hydrogen-bond acceptors (Lipinski definition) is 10. The van der Waals surface area contributed by atoms with Crippen molar-refractivity contribution < 1.29 is 37.1 Å². The number of nitrogens with one attached hydrogen (secondary N) is 6. The molecule has 4 amide bonds. The first kappa shape index (κ1) is 41.9. The maximum Gasteiger partial charge on any atom is 0.422 e. The van der Waals surface area contributed by atoms with Crippen LogP contribution in [0.25, 0.3) is 0 Å². The summed E-state index contributed by atoms with van der Waals surface area (Å²) in [4.78, 5) is 63.4. The lowest BCUT2D eigenvalue weighted by atomic mass is 9.93. The molecular weight excluding hydrogens is 791 g/mol. The van der Waals surface area contributed by atoms with E-state index in [4.69, 9.17) is 16.3 Å². The van der Waals surface area contributed by atoms with E-state index in [-0.39, 0.29) is 42.1 Å². The topological polar surface area (TPSA) is 188 Å². The normalized spacial score (nSPS) is 13.1. The second-order valence-corrected chi connectivity index (χ2v) is 14.9. The minimum absolute atomic E-state index is 0.00189. The van der Waals surface area contributed by atoms with Gasteiger partial charge >= 0.3 is 24.0 Å². The summed E-state index contributed by atoms with van der Waals surface area (Å²) in [5.74, 6) is -2.74. The average molecular weight is 830 g/mol. The van der Waals surface area contributed by atoms with Crippen LogP contribution in [0, 0.1) is 5.41 Å². The van der Waals surface area contributed by atoms with Gasteiger partial charge in [-0.2, -0.15) is 28.1 Å². The van der Waals surface area contributed by atoms with Crippen molar-refractivity contribution in [2.24, 2.45) is 5.41 Å². The predicted molar refractivity (Wildman–Crippen MR) is 216 cm³/mol. The van der Waals surface area contributed by atoms with Crippen LogP contribution in [-0.2, 0) is 15.1 Å². The number of amides is 4. The molecule has 0 aliphatic heterocycles. The third-order valence-corrected chi connectivity index (χ3v) is 9.21. The van der Waals surface area contributed by atoms with Gasteiger partial charge in [-0.1, -0.05) is 61.8 Å². The summed E-state index contributed by atoms with van der Waals surface area (Å²) in [5.41, 5.74) is 1.55. The molecule has 0 unspecified atom stereocenters. The molecule has 306 valence electrons. The SMILES string of the molecule is CC(C)(CNC(=O)C(=O)Nc1cccc(C(=O)Nc2ccccc2)c1)CNC(=O)c1ccc(Nc2nc(NC3(c4ccc(Cl)cc4)CC3)nc(OCC(F)(F)F)n2)cc1. The summed E-state index contributed by atoms with van der Waals surface area (Å²) in [6.45, 7) is 2.15. The van der Waals surface area contributed by atoms with Gasteiger partial charge in [-0.05, 0) is 90.6 Å². The molecule has 59 heavy (non-hydrogen) atoms. The number of nitrogens with zero attached hydrogens (tertiary/aromatic N) is 3. The molecule has 0 atom stereocenters. The van der Waals surface area contributed by atoms with Gasteiger partial charge in [0.25, 0.3) is 11.8 Å². The molecule has 0 saturated heterocycles. The molecule has 1 aromatic heterocycles. The number of ether oxygens (including phenoxy) is 1. The van der Waals surface area contributed by atoms with Gasteiger partial charge in [-0.15, -0.1) is 0 Å². The maximum absolute atomic E-state index is 13.0. The predicted octanol–water partition coefficient (Wildman–Crippen LogP) is 7.07. The molecular formula is C41H39ClF3N9O5. The van der Waals surface area contributed by atoms with E-state index in [2.05, 4.69) is 46.9 Å². The molecule has 1 saturated carbocycles. The number of anilines is 5. The number of alkyl halides is 3. The fraction of sp³-hybridized carbons (Fsp3) is 0.244. The molecule has 6 rings (SSSR count). The number of hydrogen-bond donors (Lipinski definition) is 6. The lowest BCUT2D eigenvalue weighted by Gasteiger charge is -2.25. The fourth-order valence-electron chi connectivity index (χ4n) is 5.64. The van der Waals surface area contributed by atoms with Crippen molar-refractivity contribution in [3.8, 4) is 6.01 Å². The number of halogens is 4. The lowest BCUT2D eigenvalue weighted by Crippen LogP contribution is -2.44. The first-order chi connectivity index (χ1) is 28.0. The summed E-state index contributed by atoms with van der Waals surface area (Å²) in [5, 5.41) is 17.3. The van der Waals surface area contributed by atoms with Crippen LogP contribution in [0.15, 0.2) is 103 Å². The second-order valence-electron chi connectivity index (χ2n) is 14.5. The zero-order valence-electron chi connectivity index (χ0n) is 31.7. The first-order valence-corrected chi connectivity index (χ1v) is 18.6. The van der Waals surface area contributed by atoms with Gasteiger partial charge in [-0.3, -0.25) is 19.2 Å². The van der Waals surface area contributed by atoms with E-state index >= 15 is 0 Å². The van der Waals surface area contributed by atoms with E-state index in [1.165, 1.54) is 18.2 Å². The second kappa shape index (κ2) is 17.8. The molecule has 4 aromatic carbocycles. The van der Waals surface area contributed by atoms with Gasteiger partial charge < -0.3 is 36.6 Å². The Morgan fingerprint density at radius 3 is 2.03 bits per heavy atom. The molecule has 18 heteroatoms. The number of carbonyl (C=O) groups is 4. The average Bonchev–Trinajstić information content (AvgIpc) is 3.99. The zero-order chi connectivity index (χ0) is 42.2. The minimum Gasteiger partial charge on any atom is -0.454 e. The third-order valence-electron chi connectivity index (χ3n) is 8.96. The highest BCUT2D eigenvalue weighted by Gasteiger charge is 2.45. The van der Waals surface area contributed by atoms with Crippen LogP contribution < -0.4 is 36.6 Å². The molecule has 1 fully saturated rings. The molecule has 0 spiro atoms. The van der Waals surface area contributed by atoms with Gasteiger partial charge in [0, 0.05) is 46.3 Å². The fourth-order valence-corrected chi connectivity index (χ4v) is 5.77. The van der Waals surface area contributed by atoms with Crippen LogP contribution in [0.2, 0.25) is 5.02 Å². The summed E-state index contributed by atoms with van der Waals surface area (Å²) in [6.07, 6.45) is -3.17. The Morgan fingerprint density at radius 1 is 0.695 bits per heavy atom. The van der Waals surface area contributed by atoms with Crippen molar-refractivity contribution in [1.82, 2.24) is 25.6 Å². The van der Waals surface area contributed by atoms with Crippen molar-refractivity contribution in [1.29, 1.82) is 0 Å². The van der Waals surface area contributed by atoms with E-state index in [0.29, 0.717) is 22.0 Å². The maximum atomic E-state index is 13.0. The smallest absolute Gasteiger partial charge is 0.422 e. The van der Waals surface area contributed by atoms with E-state index in [0.717, 1.165) is 18.4 Å². The van der Waals surface area contributed by atoms with Crippen molar-refractivity contribution >= 4 is 64.2 Å². The Labute approximate surface area is 341 Å². The Balaban J connectivity index is 1.00. The Morgan fingerprint density at radius 2 is 1.36 bits per heavy atom. The summed E-state index contributed by atoms with van der Waals surface area (Å²) >= 11 is 6.04. The monoisotopic (exact) mass is 829 g/mol. The molecule has 1 aliphatic carbocycles. The summed E-state index contributed by atoms with van der Waals surface area (Å²) in [7, 11) is 0. The molecule has 6 N–H and O–H groups in total. The van der Waals surface area contributed by atoms with Crippen LogP contribution in [0.1, 0.15) is 53.0 Å². The van der Waals surface area contributed by atoms with E-state index in [1.54, 1.807) is 80.6 Å². The Bertz CT molecular complexity index is 2310. The van der Waals surface area contributed by atoms with Crippen molar-refractivity contribution in [3.05, 3.63) is 125 Å². The molecule has 14 nitrogen and oxygen atoms in total. The number of carbonyl (C=O) groups excluding carboxylic acids is 4. The number of benzene rings is 4. The van der Waals surface area contributed by atoms with Gasteiger partial charge in [-0.25, -0.2) is 0 Å². The Kier molecular flexibility index (Phi) is 12.6. The quantitative estimate of drug-likeness (QED) is 0.0596. The highest BCUT2D eigenvalue weighted by molar-refractivity contribution is 6.39. The zero-order valence-corrected chi connectivity index (χ0v) is 32.5. The van der Waals surface area contributed by atoms with Crippen LogP contribution in [0.5, 0.6) is 6.01 Å². The molecule has 1 aliphatic rings. The summed E-state index contributed by atoms with van der Waals surface area (Å²) < 4.78 is 43.8. The first-order valence-electron chi connectivity index (χ1n) is 18.3. The highest BCUT2D eigenvalue weighted by atomic mass is 35.5. The van der Waals surface area contributed by atoms with Crippen LogP contribution in [0.4, 0.5) is 42.1 Å². The standard InChI is InChI=1S/C41H39ClF3N9O5/c1-39(2,23-47-34(57)35(58)49-31-10-6-7-26(21-31)33(56)48-29-8-4-3-5-9-29)22-46-32(55)25-11-17-30(18-12-25)50-36-51-37(53-38(52-36)59-24-41(43,44)45)54-40(19-20-40)27-13-15-28(42)16-14-27/h3-18,21H,19-20,22-24H2,1-2H3,(H,46,55)(H,47,57)(H,48,56)(H,49,58)(H2,50,51,52,53,54). The minimum atomic E-state index is -4.62. The van der Waals surface area contributed by atoms with E-state index < -0.39 is 47.5 Å². The number of para-hydroxylation sites is 1. The van der Waals surface area contributed by atoms with Crippen molar-refractivity contribution in [3.63, 3.8) is 0 Å². The van der Waals surface area contributed by atoms with Gasteiger partial charge in [0.15, 0.2) is 6.61 Å².